The Labute approximate surface area is 76.6 Å². The van der Waals surface area contributed by atoms with E-state index in [-0.39, 0.29) is 20.8 Å². The smallest absolute Gasteiger partial charge is 0.333 e. The van der Waals surface area contributed by atoms with Gasteiger partial charge in [0, 0.05) is 5.57 Å². The Morgan fingerprint density at radius 1 is 1.42 bits per heavy atom. The van der Waals surface area contributed by atoms with E-state index in [1.54, 1.807) is 6.92 Å². The fraction of sp³-hybridized carbons (Fsp3) is 0.700. The monoisotopic (exact) mass is 174 g/mol. The lowest BCUT2D eigenvalue weighted by molar-refractivity contribution is -0.139. The van der Waals surface area contributed by atoms with Crippen LogP contribution in [0.5, 0.6) is 0 Å². The van der Waals surface area contributed by atoms with Gasteiger partial charge in [-0.05, 0) is 13.3 Å². The van der Waals surface area contributed by atoms with Crippen molar-refractivity contribution in [3.63, 3.8) is 0 Å². The number of carbonyl (C=O) groups excluding carboxylic acids is 1. The summed E-state index contributed by atoms with van der Waals surface area (Å²) in [6.45, 7) is 7.67. The predicted molar refractivity (Wildman–Crippen MR) is 54.1 cm³/mol. The lowest BCUT2D eigenvalue weighted by Gasteiger charge is -2.01. The second kappa shape index (κ2) is 10.2. The molecule has 0 aromatic carbocycles. The molecule has 0 amide bonds. The molecule has 0 rings (SSSR count). The Kier molecular flexibility index (Phi) is 14.8. The van der Waals surface area contributed by atoms with Crippen LogP contribution >= 0.6 is 0 Å². The molecule has 0 aliphatic carbocycles. The SMILES string of the molecule is C.C.C=C(C)C(=O)OCCCC. The van der Waals surface area contributed by atoms with Crippen LogP contribution in [0.2, 0.25) is 0 Å². The van der Waals surface area contributed by atoms with Gasteiger partial charge in [0.2, 0.25) is 0 Å². The third kappa shape index (κ3) is 9.21. The van der Waals surface area contributed by atoms with Crippen molar-refractivity contribution in [2.24, 2.45) is 0 Å². The molecular weight excluding hydrogens is 152 g/mol. The zero-order valence-electron chi connectivity index (χ0n) is 6.64. The van der Waals surface area contributed by atoms with Crippen molar-refractivity contribution in [3.05, 3.63) is 12.2 Å². The van der Waals surface area contributed by atoms with E-state index in [0.717, 1.165) is 12.8 Å². The summed E-state index contributed by atoms with van der Waals surface area (Å²) in [5.41, 5.74) is 0.469. The first-order valence-electron chi connectivity index (χ1n) is 3.51. The average molecular weight is 174 g/mol. The molecule has 0 spiro atoms. The van der Waals surface area contributed by atoms with Gasteiger partial charge in [-0.25, -0.2) is 4.79 Å². The first-order chi connectivity index (χ1) is 4.68. The zero-order chi connectivity index (χ0) is 7.98. The van der Waals surface area contributed by atoms with Crippen LogP contribution in [-0.2, 0) is 9.53 Å². The molecule has 74 valence electrons. The molecule has 0 radical (unpaired) electrons. The van der Waals surface area contributed by atoms with Crippen LogP contribution in [0, 0.1) is 0 Å². The molecule has 0 fully saturated rings. The number of hydrogen-bond acceptors (Lipinski definition) is 2. The third-order valence-electron chi connectivity index (χ3n) is 1.08. The van der Waals surface area contributed by atoms with E-state index < -0.39 is 0 Å². The summed E-state index contributed by atoms with van der Waals surface area (Å²) >= 11 is 0. The summed E-state index contributed by atoms with van der Waals surface area (Å²) in [5.74, 6) is -0.284. The maximum atomic E-state index is 10.7. The third-order valence-corrected chi connectivity index (χ3v) is 1.08. The summed E-state index contributed by atoms with van der Waals surface area (Å²) in [7, 11) is 0. The maximum absolute atomic E-state index is 10.7. The van der Waals surface area contributed by atoms with Crippen molar-refractivity contribution in [1.82, 2.24) is 0 Å². The number of ether oxygens (including phenoxy) is 1. The second-order valence-electron chi connectivity index (χ2n) is 2.27. The van der Waals surface area contributed by atoms with E-state index >= 15 is 0 Å². The summed E-state index contributed by atoms with van der Waals surface area (Å²) < 4.78 is 4.81. The van der Waals surface area contributed by atoms with Gasteiger partial charge >= 0.3 is 5.97 Å². The lowest BCUT2D eigenvalue weighted by atomic mass is 10.3. The first kappa shape index (κ1) is 17.3. The Balaban J connectivity index is -0.000000405. The topological polar surface area (TPSA) is 26.3 Å². The molecule has 0 aliphatic heterocycles. The molecule has 0 unspecified atom stereocenters. The minimum Gasteiger partial charge on any atom is -0.462 e. The Morgan fingerprint density at radius 3 is 2.25 bits per heavy atom. The Morgan fingerprint density at radius 2 is 1.92 bits per heavy atom. The molecule has 0 heterocycles. The van der Waals surface area contributed by atoms with Crippen LogP contribution < -0.4 is 0 Å². The van der Waals surface area contributed by atoms with Crippen molar-refractivity contribution in [3.8, 4) is 0 Å². The quantitative estimate of drug-likeness (QED) is 0.372. The molecule has 12 heavy (non-hydrogen) atoms. The summed E-state index contributed by atoms with van der Waals surface area (Å²) in [5, 5.41) is 0. The van der Waals surface area contributed by atoms with Crippen LogP contribution in [0.1, 0.15) is 41.5 Å². The van der Waals surface area contributed by atoms with Gasteiger partial charge in [-0.3, -0.25) is 0 Å². The van der Waals surface area contributed by atoms with Crippen LogP contribution in [0.3, 0.4) is 0 Å². The first-order valence-corrected chi connectivity index (χ1v) is 3.51. The number of unbranched alkanes of at least 4 members (excludes halogenated alkanes) is 1. The van der Waals surface area contributed by atoms with Crippen molar-refractivity contribution < 1.29 is 9.53 Å². The van der Waals surface area contributed by atoms with Crippen LogP contribution in [0.25, 0.3) is 0 Å². The highest BCUT2D eigenvalue weighted by molar-refractivity contribution is 5.86. The maximum Gasteiger partial charge on any atom is 0.333 e. The highest BCUT2D eigenvalue weighted by Gasteiger charge is 2.00. The number of esters is 1. The second-order valence-corrected chi connectivity index (χ2v) is 2.27. The fourth-order valence-corrected chi connectivity index (χ4v) is 0.432. The molecule has 0 aromatic rings. The van der Waals surface area contributed by atoms with Gasteiger partial charge in [0.15, 0.2) is 0 Å². The van der Waals surface area contributed by atoms with E-state index in [1.807, 2.05) is 0 Å². The van der Waals surface area contributed by atoms with Crippen LogP contribution in [0.15, 0.2) is 12.2 Å². The van der Waals surface area contributed by atoms with E-state index in [0.29, 0.717) is 12.2 Å². The van der Waals surface area contributed by atoms with E-state index in [2.05, 4.69) is 13.5 Å². The highest BCUT2D eigenvalue weighted by Crippen LogP contribution is 1.94. The summed E-state index contributed by atoms with van der Waals surface area (Å²) in [4.78, 5) is 10.7. The zero-order valence-corrected chi connectivity index (χ0v) is 6.64. The molecule has 0 saturated heterocycles. The number of hydrogen-bond donors (Lipinski definition) is 0. The predicted octanol–water partition coefficient (Wildman–Crippen LogP) is 3.18. The van der Waals surface area contributed by atoms with E-state index in [9.17, 15) is 4.79 Å². The average Bonchev–Trinajstić information content (AvgIpc) is 1.88. The summed E-state index contributed by atoms with van der Waals surface area (Å²) in [6.07, 6.45) is 1.97. The molecule has 2 heteroatoms. The molecule has 0 saturated carbocycles. The van der Waals surface area contributed by atoms with E-state index in [1.165, 1.54) is 0 Å². The largest absolute Gasteiger partial charge is 0.462 e. The number of rotatable bonds is 4. The lowest BCUT2D eigenvalue weighted by Crippen LogP contribution is -2.05. The van der Waals surface area contributed by atoms with Crippen molar-refractivity contribution >= 4 is 5.97 Å². The highest BCUT2D eigenvalue weighted by atomic mass is 16.5. The normalized spacial score (nSPS) is 7.50. The van der Waals surface area contributed by atoms with Gasteiger partial charge in [-0.2, -0.15) is 0 Å². The minimum absolute atomic E-state index is 0. The van der Waals surface area contributed by atoms with Crippen LogP contribution in [0.4, 0.5) is 0 Å². The van der Waals surface area contributed by atoms with Gasteiger partial charge in [0.25, 0.3) is 0 Å². The van der Waals surface area contributed by atoms with Crippen molar-refractivity contribution in [2.75, 3.05) is 6.61 Å². The Hall–Kier alpha value is -0.790. The molecule has 0 aliphatic rings. The minimum atomic E-state index is -0.284. The van der Waals surface area contributed by atoms with Gasteiger partial charge < -0.3 is 4.74 Å². The molecule has 0 N–H and O–H groups in total. The Bertz CT molecular complexity index is 128. The molecule has 0 bridgehead atoms. The van der Waals surface area contributed by atoms with Gasteiger partial charge in [-0.1, -0.05) is 34.8 Å². The molecule has 0 atom stereocenters. The standard InChI is InChI=1S/C8H14O2.2CH4/c1-4-5-6-10-8(9)7(2)3;;/h2,4-6H2,1,3H3;2*1H4. The van der Waals surface area contributed by atoms with Gasteiger partial charge in [-0.15, -0.1) is 0 Å². The summed E-state index contributed by atoms with van der Waals surface area (Å²) in [6, 6.07) is 0. The van der Waals surface area contributed by atoms with E-state index in [4.69, 9.17) is 4.74 Å². The van der Waals surface area contributed by atoms with Crippen LogP contribution in [-0.4, -0.2) is 12.6 Å². The number of carbonyl (C=O) groups is 1. The van der Waals surface area contributed by atoms with Crippen molar-refractivity contribution in [2.45, 2.75) is 41.5 Å². The molecular formula is C10H22O2. The van der Waals surface area contributed by atoms with Crippen molar-refractivity contribution in [1.29, 1.82) is 0 Å². The molecule has 0 aromatic heterocycles. The molecule has 2 nitrogen and oxygen atoms in total. The van der Waals surface area contributed by atoms with Gasteiger partial charge in [0.05, 0.1) is 6.61 Å². The van der Waals surface area contributed by atoms with Gasteiger partial charge in [0.1, 0.15) is 0 Å². The fourth-order valence-electron chi connectivity index (χ4n) is 0.432.